The lowest BCUT2D eigenvalue weighted by Gasteiger charge is -2.39. The van der Waals surface area contributed by atoms with E-state index in [1.807, 2.05) is 77.7 Å². The minimum atomic E-state index is -1.69. The van der Waals surface area contributed by atoms with Gasteiger partial charge in [0, 0.05) is 11.1 Å². The summed E-state index contributed by atoms with van der Waals surface area (Å²) in [5, 5.41) is 29.8. The van der Waals surface area contributed by atoms with E-state index >= 15 is 0 Å². The first-order valence-corrected chi connectivity index (χ1v) is 10.7. The second-order valence-corrected chi connectivity index (χ2v) is 8.14. The number of hydrogen-bond acceptors (Lipinski definition) is 4. The number of para-hydroxylation sites is 1. The molecule has 0 fully saturated rings. The van der Waals surface area contributed by atoms with Gasteiger partial charge in [-0.15, -0.1) is 0 Å². The van der Waals surface area contributed by atoms with Crippen molar-refractivity contribution >= 4 is 45.7 Å². The summed E-state index contributed by atoms with van der Waals surface area (Å²) in [6.45, 7) is 0. The molecular weight excluding hydrogens is 395 g/mol. The van der Waals surface area contributed by atoms with Crippen LogP contribution in [0.25, 0.3) is 21.5 Å². The standard InChI is InChI=1S/C27H21BN2O2/c31-28(32)27(20-10-3-1-4-11-20)29-26-24-16-15-19-9-7-8-14-22(19)23(24)17-18-25(26)30(27)21-12-5-2-6-13-21/h1-18,29,31-32H. The molecule has 4 nitrogen and oxygen atoms in total. The van der Waals surface area contributed by atoms with Crippen LogP contribution in [-0.2, 0) is 5.56 Å². The van der Waals surface area contributed by atoms with Crippen molar-refractivity contribution in [2.24, 2.45) is 0 Å². The molecule has 1 aliphatic rings. The van der Waals surface area contributed by atoms with E-state index in [0.29, 0.717) is 0 Å². The maximum absolute atomic E-state index is 10.9. The third kappa shape index (κ3) is 2.59. The third-order valence-corrected chi connectivity index (χ3v) is 6.42. The fraction of sp³-hybridized carbons (Fsp3) is 0.0370. The maximum Gasteiger partial charge on any atom is 0.506 e. The van der Waals surface area contributed by atoms with E-state index in [0.717, 1.165) is 33.4 Å². The van der Waals surface area contributed by atoms with Crippen LogP contribution in [-0.4, -0.2) is 17.2 Å². The van der Waals surface area contributed by atoms with Crippen LogP contribution in [0.2, 0.25) is 0 Å². The molecule has 6 rings (SSSR count). The monoisotopic (exact) mass is 416 g/mol. The van der Waals surface area contributed by atoms with Gasteiger partial charge in [-0.3, -0.25) is 0 Å². The maximum atomic E-state index is 10.9. The number of fused-ring (bicyclic) bond motifs is 5. The molecule has 3 N–H and O–H groups in total. The van der Waals surface area contributed by atoms with Gasteiger partial charge in [0.2, 0.25) is 0 Å². The number of hydrogen-bond donors (Lipinski definition) is 3. The molecule has 0 aromatic heterocycles. The first-order valence-electron chi connectivity index (χ1n) is 10.7. The molecule has 5 aromatic carbocycles. The van der Waals surface area contributed by atoms with Crippen LogP contribution in [0.3, 0.4) is 0 Å². The molecule has 32 heavy (non-hydrogen) atoms. The predicted octanol–water partition coefficient (Wildman–Crippen LogP) is 5.42. The van der Waals surface area contributed by atoms with Crippen molar-refractivity contribution in [1.82, 2.24) is 0 Å². The molecule has 1 unspecified atom stereocenters. The van der Waals surface area contributed by atoms with E-state index in [2.05, 4.69) is 41.7 Å². The summed E-state index contributed by atoms with van der Waals surface area (Å²) in [6.07, 6.45) is 0. The third-order valence-electron chi connectivity index (χ3n) is 6.42. The van der Waals surface area contributed by atoms with Crippen molar-refractivity contribution in [2.75, 3.05) is 10.2 Å². The molecule has 0 saturated heterocycles. The van der Waals surface area contributed by atoms with Crippen molar-refractivity contribution < 1.29 is 10.0 Å². The van der Waals surface area contributed by atoms with Crippen molar-refractivity contribution in [3.63, 3.8) is 0 Å². The number of anilines is 3. The highest BCUT2D eigenvalue weighted by Gasteiger charge is 2.54. The average Bonchev–Trinajstić information content (AvgIpc) is 3.22. The van der Waals surface area contributed by atoms with Crippen LogP contribution < -0.4 is 10.2 Å². The molecule has 154 valence electrons. The largest absolute Gasteiger partial charge is 0.506 e. The molecule has 1 atom stereocenters. The van der Waals surface area contributed by atoms with Gasteiger partial charge in [-0.2, -0.15) is 0 Å². The van der Waals surface area contributed by atoms with Crippen LogP contribution in [0, 0.1) is 0 Å². The molecule has 0 aliphatic carbocycles. The smallest absolute Gasteiger partial charge is 0.424 e. The van der Waals surface area contributed by atoms with E-state index in [9.17, 15) is 10.0 Å². The Labute approximate surface area is 186 Å². The number of rotatable bonds is 3. The molecule has 0 bridgehead atoms. The van der Waals surface area contributed by atoms with Crippen molar-refractivity contribution in [2.45, 2.75) is 5.56 Å². The van der Waals surface area contributed by atoms with E-state index in [-0.39, 0.29) is 0 Å². The van der Waals surface area contributed by atoms with Crippen LogP contribution >= 0.6 is 0 Å². The van der Waals surface area contributed by atoms with Crippen LogP contribution in [0.5, 0.6) is 0 Å². The second-order valence-electron chi connectivity index (χ2n) is 8.14. The number of benzene rings is 5. The summed E-state index contributed by atoms with van der Waals surface area (Å²) in [4.78, 5) is 2.00. The van der Waals surface area contributed by atoms with Crippen LogP contribution in [0.4, 0.5) is 17.1 Å². The highest BCUT2D eigenvalue weighted by Crippen LogP contribution is 2.52. The second kappa shape index (κ2) is 7.13. The van der Waals surface area contributed by atoms with E-state index < -0.39 is 12.7 Å². The topological polar surface area (TPSA) is 55.7 Å². The van der Waals surface area contributed by atoms with E-state index in [1.54, 1.807) is 0 Å². The number of nitrogens with one attached hydrogen (secondary N) is 1. The van der Waals surface area contributed by atoms with Crippen molar-refractivity contribution in [3.8, 4) is 0 Å². The van der Waals surface area contributed by atoms with E-state index in [4.69, 9.17) is 0 Å². The quantitative estimate of drug-likeness (QED) is 0.272. The first-order chi connectivity index (χ1) is 15.7. The van der Waals surface area contributed by atoms with Gasteiger partial charge < -0.3 is 20.3 Å². The summed E-state index contributed by atoms with van der Waals surface area (Å²) < 4.78 is 0. The molecule has 0 radical (unpaired) electrons. The minimum absolute atomic E-state index is 0.768. The van der Waals surface area contributed by atoms with Gasteiger partial charge in [0.15, 0.2) is 5.56 Å². The lowest BCUT2D eigenvalue weighted by Crippen LogP contribution is -2.57. The Morgan fingerprint density at radius 3 is 2.03 bits per heavy atom. The zero-order valence-electron chi connectivity index (χ0n) is 17.3. The fourth-order valence-corrected chi connectivity index (χ4v) is 4.97. The molecule has 0 spiro atoms. The minimum Gasteiger partial charge on any atom is -0.424 e. The van der Waals surface area contributed by atoms with E-state index in [1.165, 1.54) is 10.8 Å². The molecule has 0 amide bonds. The Hall–Kier alpha value is -3.80. The SMILES string of the molecule is OB(O)C1(c2ccccc2)Nc2c(ccc3c2ccc2ccccc23)N1c1ccccc1. The fourth-order valence-electron chi connectivity index (χ4n) is 4.97. The normalized spacial score (nSPS) is 17.4. The van der Waals surface area contributed by atoms with Crippen molar-refractivity contribution in [1.29, 1.82) is 0 Å². The van der Waals surface area contributed by atoms with Gasteiger partial charge in [0.25, 0.3) is 0 Å². The lowest BCUT2D eigenvalue weighted by atomic mass is 9.67. The Balaban J connectivity index is 1.69. The summed E-state index contributed by atoms with van der Waals surface area (Å²) in [5.74, 6) is 0. The van der Waals surface area contributed by atoms with Gasteiger partial charge >= 0.3 is 7.12 Å². The van der Waals surface area contributed by atoms with Gasteiger partial charge in [-0.25, -0.2) is 0 Å². The Morgan fingerprint density at radius 1 is 0.625 bits per heavy atom. The van der Waals surface area contributed by atoms with Crippen molar-refractivity contribution in [3.05, 3.63) is 115 Å². The summed E-state index contributed by atoms with van der Waals surface area (Å²) in [7, 11) is -1.69. The first kappa shape index (κ1) is 18.9. The van der Waals surface area contributed by atoms with Gasteiger partial charge in [-0.1, -0.05) is 91.0 Å². The Bertz CT molecular complexity index is 1440. The molecule has 1 aliphatic heterocycles. The van der Waals surface area contributed by atoms with Crippen LogP contribution in [0.1, 0.15) is 5.56 Å². The van der Waals surface area contributed by atoms with Gasteiger partial charge in [0.05, 0.1) is 11.4 Å². The molecule has 5 heteroatoms. The zero-order valence-corrected chi connectivity index (χ0v) is 17.3. The average molecular weight is 416 g/mol. The Kier molecular flexibility index (Phi) is 4.22. The van der Waals surface area contributed by atoms with Gasteiger partial charge in [-0.05, 0) is 39.9 Å². The van der Waals surface area contributed by atoms with Gasteiger partial charge in [0.1, 0.15) is 0 Å². The zero-order chi connectivity index (χ0) is 21.7. The molecule has 1 heterocycles. The highest BCUT2D eigenvalue weighted by molar-refractivity contribution is 6.48. The summed E-state index contributed by atoms with van der Waals surface area (Å²) >= 11 is 0. The molecular formula is C27H21BN2O2. The Morgan fingerprint density at radius 2 is 1.28 bits per heavy atom. The molecule has 5 aromatic rings. The summed E-state index contributed by atoms with van der Waals surface area (Å²) in [6, 6.07) is 36.2. The predicted molar refractivity (Wildman–Crippen MR) is 132 cm³/mol. The summed E-state index contributed by atoms with van der Waals surface area (Å²) in [5.41, 5.74) is 2.15. The number of nitrogens with zero attached hydrogens (tertiary/aromatic N) is 1. The van der Waals surface area contributed by atoms with Crippen LogP contribution in [0.15, 0.2) is 109 Å². The highest BCUT2D eigenvalue weighted by atomic mass is 16.4. The lowest BCUT2D eigenvalue weighted by molar-refractivity contribution is 0.359. The molecule has 0 saturated carbocycles.